The average Bonchev–Trinajstić information content (AvgIpc) is 2.98. The minimum Gasteiger partial charge on any atom is -0.467 e. The van der Waals surface area contributed by atoms with Gasteiger partial charge in [-0.1, -0.05) is 40.8 Å². The topological polar surface area (TPSA) is 56.3 Å². The Hall–Kier alpha value is -1.28. The van der Waals surface area contributed by atoms with Gasteiger partial charge in [-0.15, -0.1) is 16.8 Å². The zero-order valence-corrected chi connectivity index (χ0v) is 14.1. The Kier molecular flexibility index (Phi) is 5.20. The number of thioether (sulfide) groups is 1. The number of aromatic nitrogens is 2. The molecule has 1 N–H and O–H groups in total. The second kappa shape index (κ2) is 7.32. The van der Waals surface area contributed by atoms with Crippen LogP contribution in [0.3, 0.4) is 0 Å². The molecular formula is C14H14ClN3O2S2. The molecule has 0 spiro atoms. The fraction of sp³-hybridized carbons (Fsp3) is 0.286. The van der Waals surface area contributed by atoms with Gasteiger partial charge >= 0.3 is 0 Å². The lowest BCUT2D eigenvalue weighted by Crippen LogP contribution is -2.12. The SMILES string of the molecule is C=CCNc1nnc(SCc2cc(Cl)cc3c2OCOC3)s1. The summed E-state index contributed by atoms with van der Waals surface area (Å²) in [5.41, 5.74) is 2.03. The fourth-order valence-electron chi connectivity index (χ4n) is 2.00. The van der Waals surface area contributed by atoms with Gasteiger partial charge in [0.05, 0.1) is 6.61 Å². The molecule has 2 aromatic rings. The Morgan fingerprint density at radius 1 is 1.45 bits per heavy atom. The van der Waals surface area contributed by atoms with E-state index in [9.17, 15) is 0 Å². The van der Waals surface area contributed by atoms with Crippen LogP contribution in [-0.2, 0) is 17.1 Å². The van der Waals surface area contributed by atoms with Crippen LogP contribution < -0.4 is 10.1 Å². The first-order chi connectivity index (χ1) is 10.8. The van der Waals surface area contributed by atoms with E-state index in [4.69, 9.17) is 21.1 Å². The van der Waals surface area contributed by atoms with Gasteiger partial charge < -0.3 is 14.8 Å². The molecule has 0 unspecified atom stereocenters. The van der Waals surface area contributed by atoms with Crippen molar-refractivity contribution in [2.75, 3.05) is 18.7 Å². The Labute approximate surface area is 141 Å². The third-order valence-electron chi connectivity index (χ3n) is 2.91. The molecule has 0 fully saturated rings. The quantitative estimate of drug-likeness (QED) is 0.625. The highest BCUT2D eigenvalue weighted by Crippen LogP contribution is 2.36. The number of nitrogens with one attached hydrogen (secondary N) is 1. The van der Waals surface area contributed by atoms with Crippen molar-refractivity contribution in [3.63, 3.8) is 0 Å². The molecule has 116 valence electrons. The minimum atomic E-state index is 0.278. The van der Waals surface area contributed by atoms with Gasteiger partial charge in [-0.3, -0.25) is 0 Å². The van der Waals surface area contributed by atoms with Crippen LogP contribution in [0.1, 0.15) is 11.1 Å². The number of hydrogen-bond donors (Lipinski definition) is 1. The molecule has 1 aromatic heterocycles. The van der Waals surface area contributed by atoms with Gasteiger partial charge in [0.15, 0.2) is 11.1 Å². The van der Waals surface area contributed by atoms with E-state index in [1.54, 1.807) is 17.8 Å². The number of rotatable bonds is 6. The van der Waals surface area contributed by atoms with Crippen molar-refractivity contribution in [1.29, 1.82) is 0 Å². The second-order valence-electron chi connectivity index (χ2n) is 4.50. The van der Waals surface area contributed by atoms with Crippen LogP contribution in [0.5, 0.6) is 5.75 Å². The van der Waals surface area contributed by atoms with Crippen molar-refractivity contribution in [2.24, 2.45) is 0 Å². The van der Waals surface area contributed by atoms with Crippen molar-refractivity contribution >= 4 is 39.8 Å². The van der Waals surface area contributed by atoms with E-state index in [1.807, 2.05) is 12.1 Å². The molecule has 0 saturated heterocycles. The smallest absolute Gasteiger partial charge is 0.206 e. The summed E-state index contributed by atoms with van der Waals surface area (Å²) in [6.45, 7) is 5.14. The molecule has 5 nitrogen and oxygen atoms in total. The standard InChI is InChI=1S/C14H14ClN3O2S2/c1-2-3-16-13-17-18-14(22-13)21-7-10-5-11(15)4-9-6-19-8-20-12(9)10/h2,4-5H,1,3,6-8H2,(H,16,17). The Morgan fingerprint density at radius 2 is 2.36 bits per heavy atom. The van der Waals surface area contributed by atoms with Gasteiger partial charge in [0.2, 0.25) is 5.13 Å². The molecule has 0 saturated carbocycles. The van der Waals surface area contributed by atoms with Crippen molar-refractivity contribution < 1.29 is 9.47 Å². The largest absolute Gasteiger partial charge is 0.467 e. The zero-order valence-electron chi connectivity index (χ0n) is 11.7. The molecule has 8 heteroatoms. The van der Waals surface area contributed by atoms with Crippen LogP contribution >= 0.6 is 34.7 Å². The average molecular weight is 356 g/mol. The summed E-state index contributed by atoms with van der Waals surface area (Å²) < 4.78 is 11.8. The van der Waals surface area contributed by atoms with Gasteiger partial charge in [0, 0.05) is 28.4 Å². The van der Waals surface area contributed by atoms with Gasteiger partial charge in [0.25, 0.3) is 0 Å². The number of fused-ring (bicyclic) bond motifs is 1. The fourth-order valence-corrected chi connectivity index (χ4v) is 3.99. The van der Waals surface area contributed by atoms with Crippen LogP contribution in [0, 0.1) is 0 Å². The molecule has 0 amide bonds. The second-order valence-corrected chi connectivity index (χ2v) is 7.13. The monoisotopic (exact) mass is 355 g/mol. The molecule has 1 aliphatic rings. The first-order valence-corrected chi connectivity index (χ1v) is 8.77. The Balaban J connectivity index is 1.69. The van der Waals surface area contributed by atoms with Crippen molar-refractivity contribution in [3.05, 3.63) is 40.9 Å². The lowest BCUT2D eigenvalue weighted by atomic mass is 10.1. The normalized spacial score (nSPS) is 13.3. The highest BCUT2D eigenvalue weighted by molar-refractivity contribution is 8.00. The Bertz CT molecular complexity index is 678. The van der Waals surface area contributed by atoms with Gasteiger partial charge in [-0.25, -0.2) is 0 Å². The molecule has 0 radical (unpaired) electrons. The summed E-state index contributed by atoms with van der Waals surface area (Å²) in [5, 5.41) is 12.8. The van der Waals surface area contributed by atoms with E-state index in [0.717, 1.165) is 32.1 Å². The lowest BCUT2D eigenvalue weighted by Gasteiger charge is -2.20. The van der Waals surface area contributed by atoms with Crippen LogP contribution in [0.2, 0.25) is 5.02 Å². The number of ether oxygens (including phenoxy) is 2. The molecule has 2 heterocycles. The molecular weight excluding hydrogens is 342 g/mol. The maximum atomic E-state index is 6.16. The number of nitrogens with zero attached hydrogens (tertiary/aromatic N) is 2. The number of hydrogen-bond acceptors (Lipinski definition) is 7. The van der Waals surface area contributed by atoms with Crippen LogP contribution in [0.15, 0.2) is 29.1 Å². The van der Waals surface area contributed by atoms with Crippen molar-refractivity contribution in [3.8, 4) is 5.75 Å². The van der Waals surface area contributed by atoms with E-state index in [2.05, 4.69) is 22.1 Å². The summed E-state index contributed by atoms with van der Waals surface area (Å²) in [5.74, 6) is 1.59. The highest BCUT2D eigenvalue weighted by Gasteiger charge is 2.17. The molecule has 3 rings (SSSR count). The summed E-state index contributed by atoms with van der Waals surface area (Å²) in [6.07, 6.45) is 1.78. The maximum Gasteiger partial charge on any atom is 0.206 e. The first kappa shape index (κ1) is 15.6. The summed E-state index contributed by atoms with van der Waals surface area (Å²) >= 11 is 9.29. The predicted molar refractivity (Wildman–Crippen MR) is 89.9 cm³/mol. The number of benzene rings is 1. The van der Waals surface area contributed by atoms with Crippen LogP contribution in [0.4, 0.5) is 5.13 Å². The summed E-state index contributed by atoms with van der Waals surface area (Å²) in [6, 6.07) is 3.81. The maximum absolute atomic E-state index is 6.16. The zero-order chi connectivity index (χ0) is 15.4. The Morgan fingerprint density at radius 3 is 3.23 bits per heavy atom. The predicted octanol–water partition coefficient (Wildman–Crippen LogP) is 3.95. The van der Waals surface area contributed by atoms with Crippen LogP contribution in [-0.4, -0.2) is 23.5 Å². The summed E-state index contributed by atoms with van der Waals surface area (Å²) in [4.78, 5) is 0. The first-order valence-electron chi connectivity index (χ1n) is 6.59. The van der Waals surface area contributed by atoms with E-state index < -0.39 is 0 Å². The van der Waals surface area contributed by atoms with Gasteiger partial charge in [-0.2, -0.15) is 0 Å². The highest BCUT2D eigenvalue weighted by atomic mass is 35.5. The van der Waals surface area contributed by atoms with E-state index in [0.29, 0.717) is 18.2 Å². The molecule has 0 aliphatic carbocycles. The lowest BCUT2D eigenvalue weighted by molar-refractivity contribution is -0.0168. The van der Waals surface area contributed by atoms with E-state index >= 15 is 0 Å². The number of halogens is 1. The molecule has 22 heavy (non-hydrogen) atoms. The van der Waals surface area contributed by atoms with Crippen LogP contribution in [0.25, 0.3) is 0 Å². The molecule has 1 aromatic carbocycles. The molecule has 1 aliphatic heterocycles. The van der Waals surface area contributed by atoms with Gasteiger partial charge in [0.1, 0.15) is 5.75 Å². The van der Waals surface area contributed by atoms with E-state index in [-0.39, 0.29) is 6.79 Å². The third-order valence-corrected chi connectivity index (χ3v) is 5.19. The van der Waals surface area contributed by atoms with Crippen molar-refractivity contribution in [1.82, 2.24) is 10.2 Å². The minimum absolute atomic E-state index is 0.278. The van der Waals surface area contributed by atoms with Gasteiger partial charge in [-0.05, 0) is 12.1 Å². The number of anilines is 1. The molecule has 0 bridgehead atoms. The van der Waals surface area contributed by atoms with Crippen molar-refractivity contribution in [2.45, 2.75) is 16.7 Å². The third kappa shape index (κ3) is 3.73. The molecule has 0 atom stereocenters. The summed E-state index contributed by atoms with van der Waals surface area (Å²) in [7, 11) is 0. The van der Waals surface area contributed by atoms with E-state index in [1.165, 1.54) is 11.3 Å².